The third-order valence-electron chi connectivity index (χ3n) is 9.43. The highest BCUT2D eigenvalue weighted by atomic mass is 19.1. The molecule has 6 rings (SSSR count). The van der Waals surface area contributed by atoms with Gasteiger partial charge >= 0.3 is 0 Å². The Hall–Kier alpha value is -3.74. The van der Waals surface area contributed by atoms with E-state index in [0.717, 1.165) is 74.7 Å². The van der Waals surface area contributed by atoms with Gasteiger partial charge in [0.2, 0.25) is 0 Å². The van der Waals surface area contributed by atoms with Crippen LogP contribution >= 0.6 is 0 Å². The average Bonchev–Trinajstić information content (AvgIpc) is 2.98. The average molecular weight is 541 g/mol. The number of benzene rings is 2. The summed E-state index contributed by atoms with van der Waals surface area (Å²) < 4.78 is 15.3. The largest absolute Gasteiger partial charge is 0.371 e. The Kier molecular flexibility index (Phi) is 7.30. The SMILES string of the molecule is Cc1ccccc1C(=O)N[C@@H]1CCCc2cc(F)c(C(=O)N3CCC4(CC3)CCN(c3ccncc3)CC4)cc21. The van der Waals surface area contributed by atoms with Crippen LogP contribution in [0.5, 0.6) is 0 Å². The van der Waals surface area contributed by atoms with Crippen LogP contribution in [0.25, 0.3) is 0 Å². The smallest absolute Gasteiger partial charge is 0.256 e. The minimum absolute atomic E-state index is 0.124. The van der Waals surface area contributed by atoms with Crippen LogP contribution in [-0.2, 0) is 6.42 Å². The van der Waals surface area contributed by atoms with E-state index in [1.54, 1.807) is 6.07 Å². The van der Waals surface area contributed by atoms with Crippen molar-refractivity contribution in [3.63, 3.8) is 0 Å². The number of fused-ring (bicyclic) bond motifs is 1. The van der Waals surface area contributed by atoms with E-state index in [2.05, 4.69) is 27.3 Å². The second kappa shape index (κ2) is 11.0. The van der Waals surface area contributed by atoms with Gasteiger partial charge < -0.3 is 15.1 Å². The summed E-state index contributed by atoms with van der Waals surface area (Å²) in [6, 6.07) is 14.6. The van der Waals surface area contributed by atoms with E-state index in [1.165, 1.54) is 11.8 Å². The molecular formula is C33H37FN4O2. The number of anilines is 1. The molecule has 2 aromatic carbocycles. The molecule has 2 saturated heterocycles. The molecule has 1 N–H and O–H groups in total. The highest BCUT2D eigenvalue weighted by Crippen LogP contribution is 2.42. The molecule has 3 aliphatic rings. The highest BCUT2D eigenvalue weighted by Gasteiger charge is 2.39. The van der Waals surface area contributed by atoms with Crippen LogP contribution < -0.4 is 10.2 Å². The molecule has 0 bridgehead atoms. The summed E-state index contributed by atoms with van der Waals surface area (Å²) in [5, 5.41) is 3.16. The maximum atomic E-state index is 15.3. The van der Waals surface area contributed by atoms with Gasteiger partial charge in [0.15, 0.2) is 0 Å². The first kappa shape index (κ1) is 26.5. The lowest BCUT2D eigenvalue weighted by Crippen LogP contribution is -2.48. The molecule has 6 nitrogen and oxygen atoms in total. The first-order chi connectivity index (χ1) is 19.4. The molecule has 0 unspecified atom stereocenters. The molecule has 40 heavy (non-hydrogen) atoms. The lowest BCUT2D eigenvalue weighted by Gasteiger charge is -2.47. The van der Waals surface area contributed by atoms with Gasteiger partial charge in [-0.1, -0.05) is 18.2 Å². The Bertz CT molecular complexity index is 1390. The van der Waals surface area contributed by atoms with Gasteiger partial charge in [0, 0.05) is 49.8 Å². The van der Waals surface area contributed by atoms with Crippen LogP contribution in [0.15, 0.2) is 60.9 Å². The van der Waals surface area contributed by atoms with E-state index in [4.69, 9.17) is 0 Å². The number of aryl methyl sites for hydroxylation is 2. The number of nitrogens with zero attached hydrogens (tertiary/aromatic N) is 3. The lowest BCUT2D eigenvalue weighted by atomic mass is 9.71. The van der Waals surface area contributed by atoms with E-state index < -0.39 is 5.82 Å². The molecule has 1 aromatic heterocycles. The monoisotopic (exact) mass is 540 g/mol. The molecule has 2 fully saturated rings. The van der Waals surface area contributed by atoms with Crippen LogP contribution in [0, 0.1) is 18.2 Å². The Balaban J connectivity index is 1.13. The quantitative estimate of drug-likeness (QED) is 0.450. The minimum Gasteiger partial charge on any atom is -0.371 e. The van der Waals surface area contributed by atoms with E-state index in [0.29, 0.717) is 18.7 Å². The topological polar surface area (TPSA) is 65.5 Å². The third kappa shape index (κ3) is 5.21. The van der Waals surface area contributed by atoms with E-state index in [1.807, 2.05) is 48.5 Å². The summed E-state index contributed by atoms with van der Waals surface area (Å²) in [5.41, 5.74) is 4.90. The molecule has 1 spiro atoms. The zero-order valence-electron chi connectivity index (χ0n) is 23.2. The van der Waals surface area contributed by atoms with Gasteiger partial charge in [-0.15, -0.1) is 0 Å². The zero-order chi connectivity index (χ0) is 27.7. The van der Waals surface area contributed by atoms with Crippen molar-refractivity contribution in [2.75, 3.05) is 31.1 Å². The maximum Gasteiger partial charge on any atom is 0.256 e. The second-order valence-corrected chi connectivity index (χ2v) is 11.7. The standard InChI is InChI=1S/C33H37FN4O2/c1-23-5-2-3-7-26(23)31(39)36-30-8-4-6-24-21-29(34)28(22-27(24)30)32(40)38-19-13-33(14-20-38)11-17-37(18-12-33)25-9-15-35-16-10-25/h2-3,5,7,9-10,15-16,21-22,30H,4,6,8,11-14,17-20H2,1H3,(H,36,39)/t30-/m1/s1. The zero-order valence-corrected chi connectivity index (χ0v) is 23.2. The summed E-state index contributed by atoms with van der Waals surface area (Å²) in [4.78, 5) is 35.0. The number of carbonyl (C=O) groups is 2. The van der Waals surface area contributed by atoms with Gasteiger partial charge in [0.25, 0.3) is 11.8 Å². The molecule has 0 saturated carbocycles. The fraction of sp³-hybridized carbons (Fsp3) is 0.424. The van der Waals surface area contributed by atoms with Crippen LogP contribution in [0.2, 0.25) is 0 Å². The second-order valence-electron chi connectivity index (χ2n) is 11.7. The number of nitrogens with one attached hydrogen (secondary N) is 1. The summed E-state index contributed by atoms with van der Waals surface area (Å²) >= 11 is 0. The summed E-state index contributed by atoms with van der Waals surface area (Å²) in [7, 11) is 0. The molecule has 0 radical (unpaired) electrons. The number of halogens is 1. The molecule has 208 valence electrons. The summed E-state index contributed by atoms with van der Waals surface area (Å²) in [6.45, 7) is 5.24. The molecule has 3 heterocycles. The molecule has 1 atom stereocenters. The predicted molar refractivity (Wildman–Crippen MR) is 154 cm³/mol. The number of carbonyl (C=O) groups excluding carboxylic acids is 2. The molecule has 2 aliphatic heterocycles. The highest BCUT2D eigenvalue weighted by molar-refractivity contribution is 5.96. The van der Waals surface area contributed by atoms with Crippen molar-refractivity contribution in [2.45, 2.75) is 57.9 Å². The van der Waals surface area contributed by atoms with Crippen LogP contribution in [0.3, 0.4) is 0 Å². The number of amides is 2. The fourth-order valence-electron chi connectivity index (χ4n) is 6.85. The van der Waals surface area contributed by atoms with E-state index >= 15 is 4.39 Å². The van der Waals surface area contributed by atoms with Gasteiger partial charge in [-0.3, -0.25) is 14.6 Å². The molecular weight excluding hydrogens is 503 g/mol. The van der Waals surface area contributed by atoms with Gasteiger partial charge in [-0.2, -0.15) is 0 Å². The molecule has 2 amide bonds. The normalized spacial score (nSPS) is 20.2. The minimum atomic E-state index is -0.458. The van der Waals surface area contributed by atoms with Crippen LogP contribution in [0.1, 0.15) is 82.0 Å². The van der Waals surface area contributed by atoms with Gasteiger partial charge in [-0.05, 0) is 104 Å². The van der Waals surface area contributed by atoms with Crippen molar-refractivity contribution >= 4 is 17.5 Å². The Morgan fingerprint density at radius 2 is 1.65 bits per heavy atom. The summed E-state index contributed by atoms with van der Waals surface area (Å²) in [6.07, 6.45) is 10.2. The number of piperidine rings is 2. The number of hydrogen-bond acceptors (Lipinski definition) is 4. The lowest BCUT2D eigenvalue weighted by molar-refractivity contribution is 0.0511. The third-order valence-corrected chi connectivity index (χ3v) is 9.43. The number of hydrogen-bond donors (Lipinski definition) is 1. The Labute approximate surface area is 235 Å². The first-order valence-electron chi connectivity index (χ1n) is 14.6. The number of likely N-dealkylation sites (tertiary alicyclic amines) is 1. The van der Waals surface area contributed by atoms with Gasteiger partial charge in [0.1, 0.15) is 5.82 Å². The number of rotatable bonds is 4. The van der Waals surface area contributed by atoms with E-state index in [-0.39, 0.29) is 28.8 Å². The van der Waals surface area contributed by atoms with Crippen molar-refractivity contribution in [2.24, 2.45) is 5.41 Å². The molecule has 3 aromatic rings. The Morgan fingerprint density at radius 1 is 0.950 bits per heavy atom. The van der Waals surface area contributed by atoms with Crippen molar-refractivity contribution in [3.8, 4) is 0 Å². The maximum absolute atomic E-state index is 15.3. The van der Waals surface area contributed by atoms with Crippen molar-refractivity contribution in [3.05, 3.63) is 94.6 Å². The number of pyridine rings is 1. The van der Waals surface area contributed by atoms with Crippen molar-refractivity contribution in [1.29, 1.82) is 0 Å². The van der Waals surface area contributed by atoms with Crippen molar-refractivity contribution < 1.29 is 14.0 Å². The number of aromatic nitrogens is 1. The Morgan fingerprint density at radius 3 is 2.38 bits per heavy atom. The van der Waals surface area contributed by atoms with Crippen LogP contribution in [-0.4, -0.2) is 47.9 Å². The van der Waals surface area contributed by atoms with Crippen LogP contribution in [0.4, 0.5) is 10.1 Å². The summed E-state index contributed by atoms with van der Waals surface area (Å²) in [5.74, 6) is -0.830. The predicted octanol–water partition coefficient (Wildman–Crippen LogP) is 5.86. The van der Waals surface area contributed by atoms with E-state index in [9.17, 15) is 9.59 Å². The fourth-order valence-corrected chi connectivity index (χ4v) is 6.85. The van der Waals surface area contributed by atoms with Crippen molar-refractivity contribution in [1.82, 2.24) is 15.2 Å². The van der Waals surface area contributed by atoms with Gasteiger partial charge in [-0.25, -0.2) is 4.39 Å². The molecule has 1 aliphatic carbocycles. The van der Waals surface area contributed by atoms with Gasteiger partial charge in [0.05, 0.1) is 11.6 Å². The molecule has 7 heteroatoms. The first-order valence-corrected chi connectivity index (χ1v) is 14.6.